The lowest BCUT2D eigenvalue weighted by molar-refractivity contribution is -0.137. The molecule has 2 N–H and O–H groups in total. The van der Waals surface area contributed by atoms with Gasteiger partial charge in [-0.3, -0.25) is 9.69 Å². The molecule has 4 aromatic carbocycles. The third-order valence-electron chi connectivity index (χ3n) is 6.19. The molecule has 0 fully saturated rings. The first-order valence-electron chi connectivity index (χ1n) is 12.6. The number of halogens is 4. The van der Waals surface area contributed by atoms with E-state index in [0.29, 0.717) is 17.1 Å². The zero-order chi connectivity index (χ0) is 28.5. The van der Waals surface area contributed by atoms with Crippen molar-refractivity contribution in [2.45, 2.75) is 18.5 Å². The van der Waals surface area contributed by atoms with Crippen LogP contribution in [0.5, 0.6) is 0 Å². The van der Waals surface area contributed by atoms with Gasteiger partial charge in [-0.05, 0) is 53.9 Å². The van der Waals surface area contributed by atoms with Crippen molar-refractivity contribution in [1.82, 2.24) is 5.32 Å². The van der Waals surface area contributed by atoms with Gasteiger partial charge in [-0.15, -0.1) is 0 Å². The molecule has 0 saturated heterocycles. The third kappa shape index (κ3) is 7.64. The molecule has 4 rings (SSSR count). The van der Waals surface area contributed by atoms with E-state index in [1.54, 1.807) is 18.2 Å². The third-order valence-corrected chi connectivity index (χ3v) is 6.43. The molecule has 206 valence electrons. The summed E-state index contributed by atoms with van der Waals surface area (Å²) in [6, 6.07) is 29.1. The van der Waals surface area contributed by atoms with E-state index in [0.717, 1.165) is 23.3 Å². The quantitative estimate of drug-likeness (QED) is 0.204. The van der Waals surface area contributed by atoms with Crippen molar-refractivity contribution >= 4 is 34.9 Å². The van der Waals surface area contributed by atoms with Crippen LogP contribution in [0.25, 0.3) is 0 Å². The summed E-state index contributed by atoms with van der Waals surface area (Å²) < 4.78 is 40.2. The minimum atomic E-state index is -4.57. The standard InChI is InChI=1S/C31H27ClF3N3O2/c32-25-15-8-16-26(21-25)37-30(40)38(27-17-7-14-24(20-27)31(33,34)35)19-9-18-36-29(39)28(22-10-3-1-4-11-22)23-12-5-2-6-13-23/h1-8,10-17,20-21,28H,9,18-19H2,(H,36,39)(H,37,40). The van der Waals surface area contributed by atoms with E-state index in [1.807, 2.05) is 60.7 Å². The predicted octanol–water partition coefficient (Wildman–Crippen LogP) is 7.74. The van der Waals surface area contributed by atoms with E-state index in [2.05, 4.69) is 10.6 Å². The van der Waals surface area contributed by atoms with Crippen molar-refractivity contribution in [3.8, 4) is 0 Å². The highest BCUT2D eigenvalue weighted by Crippen LogP contribution is 2.32. The van der Waals surface area contributed by atoms with Crippen LogP contribution >= 0.6 is 11.6 Å². The molecule has 3 amide bonds. The van der Waals surface area contributed by atoms with Crippen LogP contribution in [0, 0.1) is 0 Å². The smallest absolute Gasteiger partial charge is 0.355 e. The number of hydrogen-bond donors (Lipinski definition) is 2. The molecule has 4 aromatic rings. The molecular formula is C31H27ClF3N3O2. The number of carbonyl (C=O) groups excluding carboxylic acids is 2. The molecule has 0 radical (unpaired) electrons. The number of urea groups is 1. The number of rotatable bonds is 9. The molecule has 9 heteroatoms. The topological polar surface area (TPSA) is 61.4 Å². The maximum Gasteiger partial charge on any atom is 0.416 e. The number of benzene rings is 4. The van der Waals surface area contributed by atoms with E-state index < -0.39 is 23.7 Å². The van der Waals surface area contributed by atoms with Gasteiger partial charge in [0, 0.05) is 29.5 Å². The lowest BCUT2D eigenvalue weighted by atomic mass is 9.90. The SMILES string of the molecule is O=C(NCCCN(C(=O)Nc1cccc(Cl)c1)c1cccc(C(F)(F)F)c1)C(c1ccccc1)c1ccccc1. The van der Waals surface area contributed by atoms with Crippen molar-refractivity contribution < 1.29 is 22.8 Å². The minimum absolute atomic E-state index is 0.0509. The molecular weight excluding hydrogens is 539 g/mol. The maximum atomic E-state index is 13.4. The van der Waals surface area contributed by atoms with E-state index in [4.69, 9.17) is 11.6 Å². The zero-order valence-electron chi connectivity index (χ0n) is 21.4. The van der Waals surface area contributed by atoms with Crippen LogP contribution < -0.4 is 15.5 Å². The van der Waals surface area contributed by atoms with Crippen LogP contribution in [0.1, 0.15) is 29.0 Å². The number of amides is 3. The van der Waals surface area contributed by atoms with Crippen LogP contribution in [-0.2, 0) is 11.0 Å². The number of nitrogens with zero attached hydrogens (tertiary/aromatic N) is 1. The van der Waals surface area contributed by atoms with Crippen molar-refractivity contribution in [2.75, 3.05) is 23.3 Å². The lowest BCUT2D eigenvalue weighted by Crippen LogP contribution is -2.38. The maximum absolute atomic E-state index is 13.4. The number of anilines is 2. The molecule has 0 heterocycles. The molecule has 0 aliphatic heterocycles. The van der Waals surface area contributed by atoms with Gasteiger partial charge in [-0.1, -0.05) is 84.4 Å². The largest absolute Gasteiger partial charge is 0.416 e. The molecule has 0 saturated carbocycles. The summed E-state index contributed by atoms with van der Waals surface area (Å²) >= 11 is 6.01. The van der Waals surface area contributed by atoms with Gasteiger partial charge in [-0.2, -0.15) is 13.2 Å². The van der Waals surface area contributed by atoms with Gasteiger partial charge >= 0.3 is 12.2 Å². The Bertz CT molecular complexity index is 1390. The molecule has 40 heavy (non-hydrogen) atoms. The van der Waals surface area contributed by atoms with Gasteiger partial charge in [0.25, 0.3) is 0 Å². The molecule has 0 spiro atoms. The van der Waals surface area contributed by atoms with Crippen LogP contribution in [0.3, 0.4) is 0 Å². The molecule has 0 aliphatic rings. The Morgan fingerprint density at radius 3 is 2.02 bits per heavy atom. The average molecular weight is 566 g/mol. The number of hydrogen-bond acceptors (Lipinski definition) is 2. The van der Waals surface area contributed by atoms with Crippen LogP contribution in [0.2, 0.25) is 5.02 Å². The highest BCUT2D eigenvalue weighted by molar-refractivity contribution is 6.30. The highest BCUT2D eigenvalue weighted by Gasteiger charge is 2.31. The molecule has 5 nitrogen and oxygen atoms in total. The summed E-state index contributed by atoms with van der Waals surface area (Å²) in [5.74, 6) is -0.750. The zero-order valence-corrected chi connectivity index (χ0v) is 22.1. The summed E-state index contributed by atoms with van der Waals surface area (Å²) in [7, 11) is 0. The van der Waals surface area contributed by atoms with E-state index in [-0.39, 0.29) is 24.7 Å². The lowest BCUT2D eigenvalue weighted by Gasteiger charge is -2.25. The van der Waals surface area contributed by atoms with Gasteiger partial charge in [0.15, 0.2) is 0 Å². The van der Waals surface area contributed by atoms with Gasteiger partial charge in [0.2, 0.25) is 5.91 Å². The Hall–Kier alpha value is -4.30. The monoisotopic (exact) mass is 565 g/mol. The summed E-state index contributed by atoms with van der Waals surface area (Å²) in [4.78, 5) is 27.7. The molecule has 0 unspecified atom stereocenters. The second-order valence-corrected chi connectivity index (χ2v) is 9.48. The van der Waals surface area contributed by atoms with Crippen molar-refractivity contribution in [2.24, 2.45) is 0 Å². The minimum Gasteiger partial charge on any atom is -0.355 e. The Morgan fingerprint density at radius 1 is 0.800 bits per heavy atom. The second kappa shape index (κ2) is 13.2. The Labute approximate surface area is 235 Å². The van der Waals surface area contributed by atoms with E-state index in [1.165, 1.54) is 23.1 Å². The van der Waals surface area contributed by atoms with Crippen molar-refractivity contribution in [3.63, 3.8) is 0 Å². The highest BCUT2D eigenvalue weighted by atomic mass is 35.5. The molecule has 0 bridgehead atoms. The first-order chi connectivity index (χ1) is 19.2. The first kappa shape index (κ1) is 28.7. The number of nitrogens with one attached hydrogen (secondary N) is 2. The summed E-state index contributed by atoms with van der Waals surface area (Å²) in [6.07, 6.45) is -4.27. The van der Waals surface area contributed by atoms with Crippen molar-refractivity contribution in [3.05, 3.63) is 131 Å². The Kier molecular flexibility index (Phi) is 9.45. The molecule has 0 atom stereocenters. The van der Waals surface area contributed by atoms with Crippen molar-refractivity contribution in [1.29, 1.82) is 0 Å². The fourth-order valence-electron chi connectivity index (χ4n) is 4.29. The Balaban J connectivity index is 1.48. The first-order valence-corrected chi connectivity index (χ1v) is 13.0. The van der Waals surface area contributed by atoms with Crippen LogP contribution in [0.15, 0.2) is 109 Å². The van der Waals surface area contributed by atoms with E-state index in [9.17, 15) is 22.8 Å². The van der Waals surface area contributed by atoms with Crippen LogP contribution in [0.4, 0.5) is 29.3 Å². The van der Waals surface area contributed by atoms with Gasteiger partial charge in [0.05, 0.1) is 11.5 Å². The fraction of sp³-hybridized carbons (Fsp3) is 0.161. The van der Waals surface area contributed by atoms with Crippen LogP contribution in [-0.4, -0.2) is 25.0 Å². The summed E-state index contributed by atoms with van der Waals surface area (Å²) in [5, 5.41) is 6.01. The average Bonchev–Trinajstić information content (AvgIpc) is 2.94. The number of carbonyl (C=O) groups is 2. The second-order valence-electron chi connectivity index (χ2n) is 9.04. The fourth-order valence-corrected chi connectivity index (χ4v) is 4.48. The predicted molar refractivity (Wildman–Crippen MR) is 152 cm³/mol. The number of alkyl halides is 3. The summed E-state index contributed by atoms with van der Waals surface area (Å²) in [5.41, 5.74) is 1.27. The summed E-state index contributed by atoms with van der Waals surface area (Å²) in [6.45, 7) is 0.254. The molecule has 0 aliphatic carbocycles. The normalized spacial score (nSPS) is 11.2. The van der Waals surface area contributed by atoms with Gasteiger partial charge in [-0.25, -0.2) is 4.79 Å². The van der Waals surface area contributed by atoms with Gasteiger partial charge < -0.3 is 10.6 Å². The van der Waals surface area contributed by atoms with E-state index >= 15 is 0 Å². The Morgan fingerprint density at radius 2 is 1.43 bits per heavy atom. The van der Waals surface area contributed by atoms with Gasteiger partial charge in [0.1, 0.15) is 0 Å². The molecule has 0 aromatic heterocycles.